The maximum atomic E-state index is 14.3. The predicted octanol–water partition coefficient (Wildman–Crippen LogP) is 4.87. The van der Waals surface area contributed by atoms with Crippen LogP contribution in [-0.4, -0.2) is 71.2 Å². The SMILES string of the molecule is COc1ccc(-c2ccc3c(CCN(C)C4CCN(C)CC4)cn(-c4cscn4)c3n2)cc1F. The zero-order valence-electron chi connectivity index (χ0n) is 19.9. The standard InChI is InChI=1S/C26H30FN5OS/c1-30-11-9-20(10-12-30)31(2)13-8-19-15-32(25-16-34-17-28-25)26-21(19)5-6-23(29-26)18-4-7-24(33-3)22(27)14-18/h4-7,14-17,20H,8-13H2,1-3H3. The molecule has 0 N–H and O–H groups in total. The Hall–Kier alpha value is -2.81. The smallest absolute Gasteiger partial charge is 0.165 e. The number of methoxy groups -OCH3 is 1. The Bertz CT molecular complexity index is 1260. The predicted molar refractivity (Wildman–Crippen MR) is 136 cm³/mol. The zero-order chi connectivity index (χ0) is 23.7. The van der Waals surface area contributed by atoms with E-state index in [4.69, 9.17) is 9.72 Å². The van der Waals surface area contributed by atoms with Crippen molar-refractivity contribution in [1.82, 2.24) is 24.3 Å². The fraction of sp³-hybridized carbons (Fsp3) is 0.385. The van der Waals surface area contributed by atoms with Gasteiger partial charge in [0, 0.05) is 35.1 Å². The average Bonchev–Trinajstić information content (AvgIpc) is 3.50. The van der Waals surface area contributed by atoms with Crippen molar-refractivity contribution in [2.45, 2.75) is 25.3 Å². The Labute approximate surface area is 203 Å². The van der Waals surface area contributed by atoms with E-state index in [1.165, 1.54) is 31.6 Å². The topological polar surface area (TPSA) is 46.4 Å². The lowest BCUT2D eigenvalue weighted by Crippen LogP contribution is -2.42. The number of hydrogen-bond acceptors (Lipinski definition) is 6. The van der Waals surface area contributed by atoms with Gasteiger partial charge in [0.05, 0.1) is 18.3 Å². The molecule has 0 unspecified atom stereocenters. The van der Waals surface area contributed by atoms with Crippen LogP contribution in [-0.2, 0) is 6.42 Å². The lowest BCUT2D eigenvalue weighted by atomic mass is 10.0. The first-order valence-corrected chi connectivity index (χ1v) is 12.6. The van der Waals surface area contributed by atoms with Crippen LogP contribution in [0, 0.1) is 5.82 Å². The lowest BCUT2D eigenvalue weighted by Gasteiger charge is -2.35. The Morgan fingerprint density at radius 3 is 2.74 bits per heavy atom. The van der Waals surface area contributed by atoms with E-state index in [1.807, 2.05) is 23.0 Å². The molecule has 1 saturated heterocycles. The summed E-state index contributed by atoms with van der Waals surface area (Å²) in [7, 11) is 5.91. The van der Waals surface area contributed by atoms with E-state index < -0.39 is 5.82 Å². The summed E-state index contributed by atoms with van der Waals surface area (Å²) in [5.74, 6) is 0.691. The second-order valence-electron chi connectivity index (χ2n) is 9.05. The maximum absolute atomic E-state index is 14.3. The van der Waals surface area contributed by atoms with Crippen LogP contribution in [0.4, 0.5) is 4.39 Å². The van der Waals surface area contributed by atoms with Crippen LogP contribution in [0.5, 0.6) is 5.75 Å². The highest BCUT2D eigenvalue weighted by Crippen LogP contribution is 2.30. The number of rotatable bonds is 7. The van der Waals surface area contributed by atoms with Gasteiger partial charge in [-0.15, -0.1) is 11.3 Å². The molecule has 3 aromatic heterocycles. The summed E-state index contributed by atoms with van der Waals surface area (Å²) in [6.07, 6.45) is 5.54. The van der Waals surface area contributed by atoms with Crippen molar-refractivity contribution in [2.24, 2.45) is 0 Å². The number of halogens is 1. The normalized spacial score (nSPS) is 15.4. The van der Waals surface area contributed by atoms with E-state index in [0.29, 0.717) is 6.04 Å². The summed E-state index contributed by atoms with van der Waals surface area (Å²) in [6.45, 7) is 3.32. The summed E-state index contributed by atoms with van der Waals surface area (Å²) in [5.41, 5.74) is 5.37. The van der Waals surface area contributed by atoms with E-state index in [9.17, 15) is 4.39 Å². The van der Waals surface area contributed by atoms with E-state index in [0.717, 1.165) is 54.2 Å². The molecule has 1 fully saturated rings. The highest BCUT2D eigenvalue weighted by molar-refractivity contribution is 7.07. The molecule has 0 radical (unpaired) electrons. The number of hydrogen-bond donors (Lipinski definition) is 0. The first-order valence-electron chi connectivity index (χ1n) is 11.7. The van der Waals surface area contributed by atoms with Gasteiger partial charge in [-0.05, 0) is 82.3 Å². The first kappa shape index (κ1) is 23.0. The van der Waals surface area contributed by atoms with Crippen LogP contribution in [0.1, 0.15) is 18.4 Å². The van der Waals surface area contributed by atoms with Gasteiger partial charge in [-0.2, -0.15) is 0 Å². The monoisotopic (exact) mass is 479 g/mol. The number of benzene rings is 1. The highest BCUT2D eigenvalue weighted by Gasteiger charge is 2.21. The number of fused-ring (bicyclic) bond motifs is 1. The van der Waals surface area contributed by atoms with Gasteiger partial charge in [-0.1, -0.05) is 0 Å². The number of likely N-dealkylation sites (tertiary alicyclic amines) is 1. The molecule has 0 amide bonds. The third-order valence-electron chi connectivity index (χ3n) is 6.89. The van der Waals surface area contributed by atoms with Crippen LogP contribution in [0.15, 0.2) is 47.4 Å². The second kappa shape index (κ2) is 9.82. The molecule has 1 aliphatic heterocycles. The van der Waals surface area contributed by atoms with Gasteiger partial charge in [0.1, 0.15) is 11.5 Å². The molecule has 4 heterocycles. The zero-order valence-corrected chi connectivity index (χ0v) is 20.7. The lowest BCUT2D eigenvalue weighted by molar-refractivity contribution is 0.145. The molecular weight excluding hydrogens is 449 g/mol. The molecule has 178 valence electrons. The number of likely N-dealkylation sites (N-methyl/N-ethyl adjacent to an activating group) is 1. The molecule has 6 nitrogen and oxygen atoms in total. The molecule has 5 rings (SSSR count). The van der Waals surface area contributed by atoms with Gasteiger partial charge in [0.2, 0.25) is 0 Å². The van der Waals surface area contributed by atoms with E-state index in [1.54, 1.807) is 17.4 Å². The third-order valence-corrected chi connectivity index (χ3v) is 7.47. The van der Waals surface area contributed by atoms with Crippen molar-refractivity contribution >= 4 is 22.4 Å². The summed E-state index contributed by atoms with van der Waals surface area (Å²) < 4.78 is 21.4. The van der Waals surface area contributed by atoms with Crippen molar-refractivity contribution in [2.75, 3.05) is 40.8 Å². The minimum atomic E-state index is -0.394. The maximum Gasteiger partial charge on any atom is 0.165 e. The van der Waals surface area contributed by atoms with Gasteiger partial charge in [-0.3, -0.25) is 4.57 Å². The Kier molecular flexibility index (Phi) is 6.63. The first-order chi connectivity index (χ1) is 16.5. The largest absolute Gasteiger partial charge is 0.494 e. The molecule has 0 bridgehead atoms. The van der Waals surface area contributed by atoms with E-state index in [-0.39, 0.29) is 5.75 Å². The third kappa shape index (κ3) is 4.58. The van der Waals surface area contributed by atoms with Crippen LogP contribution >= 0.6 is 11.3 Å². The minimum absolute atomic E-state index is 0.228. The van der Waals surface area contributed by atoms with Gasteiger partial charge >= 0.3 is 0 Å². The van der Waals surface area contributed by atoms with Crippen LogP contribution in [0.2, 0.25) is 0 Å². The van der Waals surface area contributed by atoms with Gasteiger partial charge in [0.15, 0.2) is 11.6 Å². The fourth-order valence-corrected chi connectivity index (χ4v) is 5.30. The quantitative estimate of drug-likeness (QED) is 0.379. The Morgan fingerprint density at radius 1 is 1.21 bits per heavy atom. The number of ether oxygens (including phenoxy) is 1. The summed E-state index contributed by atoms with van der Waals surface area (Å²) in [6, 6.07) is 9.66. The van der Waals surface area contributed by atoms with Gasteiger partial charge < -0.3 is 14.5 Å². The van der Waals surface area contributed by atoms with Gasteiger partial charge in [0.25, 0.3) is 0 Å². The fourth-order valence-electron chi connectivity index (χ4n) is 4.77. The molecule has 0 saturated carbocycles. The molecule has 0 spiro atoms. The second-order valence-corrected chi connectivity index (χ2v) is 9.77. The number of nitrogens with zero attached hydrogens (tertiary/aromatic N) is 5. The molecule has 1 aromatic carbocycles. The van der Waals surface area contributed by atoms with Crippen molar-refractivity contribution < 1.29 is 9.13 Å². The van der Waals surface area contributed by atoms with Gasteiger partial charge in [-0.25, -0.2) is 14.4 Å². The van der Waals surface area contributed by atoms with Crippen LogP contribution < -0.4 is 4.74 Å². The molecule has 0 atom stereocenters. The number of aromatic nitrogens is 3. The van der Waals surface area contributed by atoms with Crippen molar-refractivity contribution in [3.63, 3.8) is 0 Å². The average molecular weight is 480 g/mol. The number of pyridine rings is 1. The highest BCUT2D eigenvalue weighted by atomic mass is 32.1. The molecule has 34 heavy (non-hydrogen) atoms. The molecule has 1 aliphatic rings. The van der Waals surface area contributed by atoms with Crippen LogP contribution in [0.25, 0.3) is 28.1 Å². The van der Waals surface area contributed by atoms with Crippen molar-refractivity contribution in [3.8, 4) is 22.8 Å². The number of thiazole rings is 1. The minimum Gasteiger partial charge on any atom is -0.494 e. The summed E-state index contributed by atoms with van der Waals surface area (Å²) >= 11 is 1.56. The molecule has 0 aliphatic carbocycles. The van der Waals surface area contributed by atoms with Crippen molar-refractivity contribution in [1.29, 1.82) is 0 Å². The Morgan fingerprint density at radius 2 is 2.03 bits per heavy atom. The van der Waals surface area contributed by atoms with Crippen LogP contribution in [0.3, 0.4) is 0 Å². The molecular formula is C26H30FN5OS. The summed E-state index contributed by atoms with van der Waals surface area (Å²) in [4.78, 5) is 14.4. The Balaban J connectivity index is 1.45. The molecule has 4 aromatic rings. The number of piperidine rings is 1. The van der Waals surface area contributed by atoms with E-state index in [2.05, 4.69) is 45.7 Å². The van der Waals surface area contributed by atoms with E-state index >= 15 is 0 Å². The van der Waals surface area contributed by atoms with Crippen molar-refractivity contribution in [3.05, 3.63) is 58.8 Å². The molecule has 8 heteroatoms. The summed E-state index contributed by atoms with van der Waals surface area (Å²) in [5, 5.41) is 3.14.